The molecule has 2 heteroatoms. The van der Waals surface area contributed by atoms with Crippen molar-refractivity contribution in [3.63, 3.8) is 0 Å². The van der Waals surface area contributed by atoms with Crippen molar-refractivity contribution in [3.05, 3.63) is 35.0 Å². The summed E-state index contributed by atoms with van der Waals surface area (Å²) in [5.41, 5.74) is 11.7. The van der Waals surface area contributed by atoms with Gasteiger partial charge in [0.2, 0.25) is 0 Å². The molecule has 0 saturated heterocycles. The molecule has 2 nitrogen and oxygen atoms in total. The van der Waals surface area contributed by atoms with Crippen molar-refractivity contribution in [2.75, 3.05) is 0 Å². The number of nitrogens with two attached hydrogens (primary N) is 1. The first kappa shape index (κ1) is 9.91. The molecule has 16 heavy (non-hydrogen) atoms. The third kappa shape index (κ3) is 1.11. The zero-order valence-electron chi connectivity index (χ0n) is 9.96. The number of hydrogen-bond donors (Lipinski definition) is 1. The molecule has 1 aliphatic rings. The largest absolute Gasteiger partial charge is 0.342 e. The maximum Gasteiger partial charge on any atom is 0.0519 e. The Kier molecular flexibility index (Phi) is 2.08. The van der Waals surface area contributed by atoms with Crippen LogP contribution in [-0.2, 0) is 19.5 Å². The highest BCUT2D eigenvalue weighted by atomic mass is 15.0. The topological polar surface area (TPSA) is 30.9 Å². The molecule has 1 aromatic carbocycles. The van der Waals surface area contributed by atoms with Crippen LogP contribution in [0.5, 0.6) is 0 Å². The van der Waals surface area contributed by atoms with Gasteiger partial charge in [0.15, 0.2) is 0 Å². The molecule has 84 valence electrons. The number of hydrogen-bond acceptors (Lipinski definition) is 1. The Hall–Kier alpha value is -1.28. The summed E-state index contributed by atoms with van der Waals surface area (Å²) in [6.07, 6.45) is 1.16. The van der Waals surface area contributed by atoms with Crippen molar-refractivity contribution in [2.45, 2.75) is 39.3 Å². The van der Waals surface area contributed by atoms with Crippen LogP contribution in [0.15, 0.2) is 18.2 Å². The first-order valence-electron chi connectivity index (χ1n) is 6.07. The van der Waals surface area contributed by atoms with Gasteiger partial charge < -0.3 is 10.3 Å². The molecule has 2 heterocycles. The van der Waals surface area contributed by atoms with E-state index in [2.05, 4.69) is 36.6 Å². The molecule has 0 saturated carbocycles. The average molecular weight is 214 g/mol. The Morgan fingerprint density at radius 1 is 1.38 bits per heavy atom. The van der Waals surface area contributed by atoms with Gasteiger partial charge in [0, 0.05) is 24.2 Å². The second-order valence-corrected chi connectivity index (χ2v) is 4.93. The maximum absolute atomic E-state index is 5.93. The molecule has 0 atom stereocenters. The van der Waals surface area contributed by atoms with Crippen molar-refractivity contribution < 1.29 is 0 Å². The van der Waals surface area contributed by atoms with Crippen LogP contribution in [0.3, 0.4) is 0 Å². The van der Waals surface area contributed by atoms with E-state index in [4.69, 9.17) is 5.73 Å². The van der Waals surface area contributed by atoms with E-state index in [1.807, 2.05) is 0 Å². The van der Waals surface area contributed by atoms with Crippen LogP contribution in [-0.4, -0.2) is 4.57 Å². The molecule has 1 aromatic heterocycles. The normalized spacial score (nSPS) is 14.2. The van der Waals surface area contributed by atoms with Gasteiger partial charge in [-0.3, -0.25) is 0 Å². The summed E-state index contributed by atoms with van der Waals surface area (Å²) in [4.78, 5) is 0. The van der Waals surface area contributed by atoms with Crippen molar-refractivity contribution >= 4 is 10.9 Å². The van der Waals surface area contributed by atoms with Gasteiger partial charge in [-0.1, -0.05) is 32.0 Å². The molecule has 2 aromatic rings. The fourth-order valence-electron chi connectivity index (χ4n) is 3.11. The quantitative estimate of drug-likeness (QED) is 0.818. The van der Waals surface area contributed by atoms with Gasteiger partial charge in [-0.05, 0) is 23.5 Å². The molecule has 0 unspecified atom stereocenters. The van der Waals surface area contributed by atoms with Crippen molar-refractivity contribution in [1.82, 2.24) is 4.57 Å². The monoisotopic (exact) mass is 214 g/mol. The Balaban J connectivity index is 2.45. The summed E-state index contributed by atoms with van der Waals surface area (Å²) in [6, 6.07) is 6.67. The van der Waals surface area contributed by atoms with Crippen LogP contribution in [0.4, 0.5) is 0 Å². The van der Waals surface area contributed by atoms with Crippen molar-refractivity contribution in [1.29, 1.82) is 0 Å². The van der Waals surface area contributed by atoms with E-state index in [1.54, 1.807) is 0 Å². The summed E-state index contributed by atoms with van der Waals surface area (Å²) in [5, 5.41) is 1.42. The Bertz CT molecular complexity index is 549. The van der Waals surface area contributed by atoms with Crippen LogP contribution in [0, 0.1) is 0 Å². The molecule has 0 aliphatic carbocycles. The first-order chi connectivity index (χ1) is 7.74. The lowest BCUT2D eigenvalue weighted by Gasteiger charge is -2.10. The predicted octanol–water partition coefficient (Wildman–Crippen LogP) is 2.78. The van der Waals surface area contributed by atoms with E-state index < -0.39 is 0 Å². The highest BCUT2D eigenvalue weighted by molar-refractivity contribution is 5.89. The summed E-state index contributed by atoms with van der Waals surface area (Å²) >= 11 is 0. The fraction of sp³-hybridized carbons (Fsp3) is 0.429. The molecule has 3 rings (SSSR count). The Labute approximate surface area is 96.1 Å². The van der Waals surface area contributed by atoms with Gasteiger partial charge in [0.25, 0.3) is 0 Å². The number of benzene rings is 1. The lowest BCUT2D eigenvalue weighted by atomic mass is 9.97. The van der Waals surface area contributed by atoms with Crippen molar-refractivity contribution in [2.24, 2.45) is 5.73 Å². The molecule has 0 bridgehead atoms. The van der Waals surface area contributed by atoms with Crippen LogP contribution in [0.25, 0.3) is 10.9 Å². The van der Waals surface area contributed by atoms with E-state index in [0.29, 0.717) is 12.5 Å². The highest BCUT2D eigenvalue weighted by Gasteiger charge is 2.23. The van der Waals surface area contributed by atoms with Gasteiger partial charge in [0.1, 0.15) is 0 Å². The molecule has 0 spiro atoms. The van der Waals surface area contributed by atoms with Crippen LogP contribution in [0.1, 0.15) is 36.6 Å². The van der Waals surface area contributed by atoms with Gasteiger partial charge in [-0.15, -0.1) is 0 Å². The van der Waals surface area contributed by atoms with Gasteiger partial charge in [-0.2, -0.15) is 0 Å². The van der Waals surface area contributed by atoms with E-state index in [-0.39, 0.29) is 0 Å². The number of aryl methyl sites for hydroxylation is 2. The average Bonchev–Trinajstić information content (AvgIpc) is 2.82. The standard InChI is InChI=1S/C14H18N2/c1-9(2)13-11-5-3-4-10-6-7-16(14(10)11)12(13)8-15/h3-5,9H,6-8,15H2,1-2H3. The minimum absolute atomic E-state index is 0.552. The number of para-hydroxylation sites is 1. The maximum atomic E-state index is 5.93. The number of nitrogens with zero attached hydrogens (tertiary/aromatic N) is 1. The minimum atomic E-state index is 0.552. The number of rotatable bonds is 2. The summed E-state index contributed by atoms with van der Waals surface area (Å²) in [7, 11) is 0. The third-order valence-corrected chi connectivity index (χ3v) is 3.69. The molecular weight excluding hydrogens is 196 g/mol. The van der Waals surface area contributed by atoms with Crippen LogP contribution >= 0.6 is 0 Å². The van der Waals surface area contributed by atoms with Crippen molar-refractivity contribution in [3.8, 4) is 0 Å². The zero-order chi connectivity index (χ0) is 11.3. The smallest absolute Gasteiger partial charge is 0.0519 e. The van der Waals surface area contributed by atoms with Gasteiger partial charge >= 0.3 is 0 Å². The second-order valence-electron chi connectivity index (χ2n) is 4.93. The van der Waals surface area contributed by atoms with E-state index in [0.717, 1.165) is 13.0 Å². The fourth-order valence-corrected chi connectivity index (χ4v) is 3.11. The molecule has 0 amide bonds. The summed E-state index contributed by atoms with van der Waals surface area (Å²) in [5.74, 6) is 0.552. The van der Waals surface area contributed by atoms with Gasteiger partial charge in [0.05, 0.1) is 5.52 Å². The van der Waals surface area contributed by atoms with Crippen LogP contribution in [0.2, 0.25) is 0 Å². The highest BCUT2D eigenvalue weighted by Crippen LogP contribution is 2.36. The lowest BCUT2D eigenvalue weighted by molar-refractivity contribution is 0.704. The molecule has 0 fully saturated rings. The molecule has 0 radical (unpaired) electrons. The molecule has 2 N–H and O–H groups in total. The minimum Gasteiger partial charge on any atom is -0.342 e. The van der Waals surface area contributed by atoms with E-state index in [1.165, 1.54) is 27.7 Å². The number of aromatic nitrogens is 1. The first-order valence-corrected chi connectivity index (χ1v) is 6.07. The second kappa shape index (κ2) is 3.36. The predicted molar refractivity (Wildman–Crippen MR) is 67.6 cm³/mol. The molecule has 1 aliphatic heterocycles. The third-order valence-electron chi connectivity index (χ3n) is 3.69. The SMILES string of the molecule is CC(C)c1c(CN)n2c3c(cccc13)CC2. The lowest BCUT2D eigenvalue weighted by Crippen LogP contribution is -2.08. The Morgan fingerprint density at radius 2 is 2.19 bits per heavy atom. The van der Waals surface area contributed by atoms with E-state index in [9.17, 15) is 0 Å². The van der Waals surface area contributed by atoms with E-state index >= 15 is 0 Å². The van der Waals surface area contributed by atoms with Crippen LogP contribution < -0.4 is 5.73 Å². The Morgan fingerprint density at radius 3 is 2.88 bits per heavy atom. The molecular formula is C14H18N2. The summed E-state index contributed by atoms with van der Waals surface area (Å²) in [6.45, 7) is 6.27. The summed E-state index contributed by atoms with van der Waals surface area (Å²) < 4.78 is 2.43. The zero-order valence-corrected chi connectivity index (χ0v) is 9.96. The van der Waals surface area contributed by atoms with Gasteiger partial charge in [-0.25, -0.2) is 0 Å².